The molecule has 0 saturated carbocycles. The molecule has 1 aliphatic heterocycles. The van der Waals surface area contributed by atoms with Crippen molar-refractivity contribution in [2.24, 2.45) is 0 Å². The molecule has 3 heterocycles. The van der Waals surface area contributed by atoms with Crippen LogP contribution in [0.4, 0.5) is 11.6 Å². The van der Waals surface area contributed by atoms with E-state index in [9.17, 15) is 9.90 Å². The Bertz CT molecular complexity index is 630. The lowest BCUT2D eigenvalue weighted by molar-refractivity contribution is 0.0688. The Balaban J connectivity index is 2.17. The zero-order valence-electron chi connectivity index (χ0n) is 10.4. The minimum atomic E-state index is -1.02. The van der Waals surface area contributed by atoms with Crippen LogP contribution in [-0.4, -0.2) is 38.8 Å². The van der Waals surface area contributed by atoms with Crippen LogP contribution in [0, 0.1) is 0 Å². The van der Waals surface area contributed by atoms with Crippen LogP contribution in [0.2, 0.25) is 0 Å². The summed E-state index contributed by atoms with van der Waals surface area (Å²) in [5, 5.41) is 13.4. The summed E-state index contributed by atoms with van der Waals surface area (Å²) in [6.45, 7) is 1.74. The Labute approximate surface area is 109 Å². The quantitative estimate of drug-likeness (QED) is 0.837. The van der Waals surface area contributed by atoms with Gasteiger partial charge in [0, 0.05) is 13.1 Å². The number of piperidine rings is 1. The largest absolute Gasteiger partial charge is 0.476 e. The minimum absolute atomic E-state index is 0.0818. The number of carboxylic acids is 1. The number of fused-ring (bicyclic) bond motifs is 1. The van der Waals surface area contributed by atoms with Crippen molar-refractivity contribution < 1.29 is 9.90 Å². The van der Waals surface area contributed by atoms with Crippen LogP contribution in [0.5, 0.6) is 0 Å². The van der Waals surface area contributed by atoms with Crippen LogP contribution >= 0.6 is 0 Å². The molecule has 100 valence electrons. The molecular weight excluding hydrogens is 246 g/mol. The molecule has 3 rings (SSSR count). The summed E-state index contributed by atoms with van der Waals surface area (Å²) in [5.41, 5.74) is 6.81. The maximum atomic E-state index is 11.5. The number of nitrogen functional groups attached to an aromatic ring is 1. The molecule has 7 nitrogen and oxygen atoms in total. The lowest BCUT2D eigenvalue weighted by Gasteiger charge is -2.29. The van der Waals surface area contributed by atoms with Gasteiger partial charge in [0.1, 0.15) is 0 Å². The molecular formula is C12H15N5O2. The molecule has 2 aromatic heterocycles. The highest BCUT2D eigenvalue weighted by molar-refractivity contribution is 5.93. The monoisotopic (exact) mass is 261 g/mol. The molecule has 0 radical (unpaired) electrons. The lowest BCUT2D eigenvalue weighted by Crippen LogP contribution is -2.31. The van der Waals surface area contributed by atoms with Crippen LogP contribution in [0.15, 0.2) is 12.1 Å². The molecule has 3 N–H and O–H groups in total. The van der Waals surface area contributed by atoms with E-state index in [1.165, 1.54) is 10.9 Å². The maximum Gasteiger partial charge on any atom is 0.356 e. The lowest BCUT2D eigenvalue weighted by atomic mass is 10.1. The van der Waals surface area contributed by atoms with E-state index < -0.39 is 5.97 Å². The van der Waals surface area contributed by atoms with Crippen molar-refractivity contribution in [3.8, 4) is 0 Å². The van der Waals surface area contributed by atoms with Crippen molar-refractivity contribution in [2.75, 3.05) is 23.7 Å². The number of nitrogens with two attached hydrogens (primary N) is 1. The van der Waals surface area contributed by atoms with E-state index in [0.29, 0.717) is 11.3 Å². The number of aromatic nitrogens is 3. The van der Waals surface area contributed by atoms with Gasteiger partial charge in [0.15, 0.2) is 11.3 Å². The van der Waals surface area contributed by atoms with Crippen LogP contribution in [0.3, 0.4) is 0 Å². The van der Waals surface area contributed by atoms with Gasteiger partial charge in [-0.25, -0.2) is 9.31 Å². The van der Waals surface area contributed by atoms with Crippen molar-refractivity contribution in [1.29, 1.82) is 0 Å². The van der Waals surface area contributed by atoms with Gasteiger partial charge in [0.05, 0.1) is 5.69 Å². The average molecular weight is 261 g/mol. The van der Waals surface area contributed by atoms with Gasteiger partial charge in [0.2, 0.25) is 5.95 Å². The molecule has 7 heteroatoms. The topological polar surface area (TPSA) is 96.8 Å². The number of hydrogen-bond acceptors (Lipinski definition) is 5. The Morgan fingerprint density at radius 1 is 1.26 bits per heavy atom. The van der Waals surface area contributed by atoms with Crippen LogP contribution in [-0.2, 0) is 0 Å². The van der Waals surface area contributed by atoms with Crippen molar-refractivity contribution in [1.82, 2.24) is 14.6 Å². The normalized spacial score (nSPS) is 15.9. The summed E-state index contributed by atoms with van der Waals surface area (Å²) < 4.78 is 1.31. The molecule has 0 bridgehead atoms. The second-order valence-electron chi connectivity index (χ2n) is 4.66. The molecule has 2 aromatic rings. The molecule has 0 aromatic carbocycles. The maximum absolute atomic E-state index is 11.5. The Morgan fingerprint density at radius 2 is 2.00 bits per heavy atom. The van der Waals surface area contributed by atoms with Gasteiger partial charge in [-0.3, -0.25) is 0 Å². The van der Waals surface area contributed by atoms with Gasteiger partial charge in [-0.1, -0.05) is 0 Å². The second-order valence-corrected chi connectivity index (χ2v) is 4.66. The van der Waals surface area contributed by atoms with Crippen LogP contribution in [0.1, 0.15) is 29.8 Å². The second kappa shape index (κ2) is 4.42. The van der Waals surface area contributed by atoms with Gasteiger partial charge in [-0.2, -0.15) is 4.98 Å². The third-order valence-electron chi connectivity index (χ3n) is 3.39. The summed E-state index contributed by atoms with van der Waals surface area (Å²) in [7, 11) is 0. The number of aromatic carboxylic acids is 1. The number of pyridine rings is 1. The smallest absolute Gasteiger partial charge is 0.356 e. The van der Waals surface area contributed by atoms with Crippen LogP contribution < -0.4 is 10.6 Å². The molecule has 0 aliphatic carbocycles. The number of hydrogen-bond donors (Lipinski definition) is 2. The molecule has 0 spiro atoms. The van der Waals surface area contributed by atoms with Gasteiger partial charge in [0.25, 0.3) is 0 Å². The van der Waals surface area contributed by atoms with E-state index in [1.807, 2.05) is 0 Å². The first-order valence-corrected chi connectivity index (χ1v) is 6.30. The fourth-order valence-electron chi connectivity index (χ4n) is 2.54. The highest BCUT2D eigenvalue weighted by Gasteiger charge is 2.22. The molecule has 0 amide bonds. The highest BCUT2D eigenvalue weighted by atomic mass is 16.4. The van der Waals surface area contributed by atoms with Crippen molar-refractivity contribution >= 4 is 23.3 Å². The van der Waals surface area contributed by atoms with Crippen molar-refractivity contribution in [2.45, 2.75) is 19.3 Å². The first kappa shape index (κ1) is 11.8. The Morgan fingerprint density at radius 3 is 2.68 bits per heavy atom. The summed E-state index contributed by atoms with van der Waals surface area (Å²) in [6, 6.07) is 3.54. The van der Waals surface area contributed by atoms with Gasteiger partial charge >= 0.3 is 5.97 Å². The summed E-state index contributed by atoms with van der Waals surface area (Å²) in [4.78, 5) is 17.6. The predicted octanol–water partition coefficient (Wildman–Crippen LogP) is 1.000. The van der Waals surface area contributed by atoms with E-state index in [1.54, 1.807) is 12.1 Å². The van der Waals surface area contributed by atoms with E-state index in [2.05, 4.69) is 15.0 Å². The molecule has 1 fully saturated rings. The first-order valence-electron chi connectivity index (χ1n) is 6.30. The summed E-state index contributed by atoms with van der Waals surface area (Å²) in [6.07, 6.45) is 3.35. The SMILES string of the molecule is Nc1nc2ccc(N3CCCCC3)c(C(=O)O)n2n1. The van der Waals surface area contributed by atoms with Gasteiger partial charge in [-0.15, -0.1) is 5.10 Å². The van der Waals surface area contributed by atoms with E-state index in [4.69, 9.17) is 5.73 Å². The van der Waals surface area contributed by atoms with E-state index in [0.717, 1.165) is 25.9 Å². The number of carboxylic acid groups (broad SMARTS) is 1. The number of nitrogens with zero attached hydrogens (tertiary/aromatic N) is 4. The number of rotatable bonds is 2. The molecule has 19 heavy (non-hydrogen) atoms. The summed E-state index contributed by atoms with van der Waals surface area (Å²) >= 11 is 0. The van der Waals surface area contributed by atoms with E-state index in [-0.39, 0.29) is 11.6 Å². The average Bonchev–Trinajstić information content (AvgIpc) is 2.78. The van der Waals surface area contributed by atoms with Gasteiger partial charge in [-0.05, 0) is 31.4 Å². The van der Waals surface area contributed by atoms with Crippen molar-refractivity contribution in [3.05, 3.63) is 17.8 Å². The Kier molecular flexibility index (Phi) is 2.73. The fraction of sp³-hybridized carbons (Fsp3) is 0.417. The number of carbonyl (C=O) groups is 1. The predicted molar refractivity (Wildman–Crippen MR) is 70.4 cm³/mol. The standard InChI is InChI=1S/C12H15N5O2/c13-12-14-9-5-4-8(16-6-2-1-3-7-16)10(11(18)19)17(9)15-12/h4-5H,1-3,6-7H2,(H2,13,15)(H,18,19). The van der Waals surface area contributed by atoms with E-state index >= 15 is 0 Å². The molecule has 1 aliphatic rings. The summed E-state index contributed by atoms with van der Waals surface area (Å²) in [5.74, 6) is -0.936. The minimum Gasteiger partial charge on any atom is -0.476 e. The highest BCUT2D eigenvalue weighted by Crippen LogP contribution is 2.25. The fourth-order valence-corrected chi connectivity index (χ4v) is 2.54. The molecule has 0 unspecified atom stereocenters. The molecule has 0 atom stereocenters. The Hall–Kier alpha value is -2.31. The van der Waals surface area contributed by atoms with Crippen molar-refractivity contribution in [3.63, 3.8) is 0 Å². The van der Waals surface area contributed by atoms with Crippen LogP contribution in [0.25, 0.3) is 5.65 Å². The zero-order valence-corrected chi connectivity index (χ0v) is 10.4. The number of anilines is 2. The zero-order chi connectivity index (χ0) is 13.4. The third-order valence-corrected chi connectivity index (χ3v) is 3.39. The first-order chi connectivity index (χ1) is 9.16. The molecule has 1 saturated heterocycles. The third kappa shape index (κ3) is 1.96. The van der Waals surface area contributed by atoms with Gasteiger partial charge < -0.3 is 15.7 Å².